The number of benzene rings is 1. The van der Waals surface area contributed by atoms with Gasteiger partial charge in [-0.2, -0.15) is 0 Å². The molecule has 2 unspecified atom stereocenters. The molecule has 0 radical (unpaired) electrons. The molecule has 7 heteroatoms. The number of aromatic nitrogens is 1. The van der Waals surface area contributed by atoms with E-state index < -0.39 is 0 Å². The molecule has 1 saturated heterocycles. The van der Waals surface area contributed by atoms with Gasteiger partial charge >= 0.3 is 0 Å². The molecule has 0 spiro atoms. The lowest BCUT2D eigenvalue weighted by molar-refractivity contribution is 0.258. The van der Waals surface area contributed by atoms with Crippen molar-refractivity contribution in [2.75, 3.05) is 20.7 Å². The van der Waals surface area contributed by atoms with Crippen molar-refractivity contribution >= 4 is 29.9 Å². The van der Waals surface area contributed by atoms with Crippen molar-refractivity contribution in [3.63, 3.8) is 0 Å². The molecular formula is C23H34IN5O. The van der Waals surface area contributed by atoms with E-state index in [0.29, 0.717) is 18.6 Å². The van der Waals surface area contributed by atoms with E-state index in [1.807, 2.05) is 27.1 Å². The highest BCUT2D eigenvalue weighted by atomic mass is 127. The lowest BCUT2D eigenvalue weighted by Gasteiger charge is -2.21. The van der Waals surface area contributed by atoms with Crippen molar-refractivity contribution in [3.8, 4) is 5.75 Å². The van der Waals surface area contributed by atoms with E-state index in [0.717, 1.165) is 48.0 Å². The predicted molar refractivity (Wildman–Crippen MR) is 134 cm³/mol. The first-order valence-corrected chi connectivity index (χ1v) is 10.3. The van der Waals surface area contributed by atoms with Gasteiger partial charge in [0, 0.05) is 49.5 Å². The van der Waals surface area contributed by atoms with E-state index in [2.05, 4.69) is 62.8 Å². The molecule has 2 heterocycles. The molecule has 0 saturated carbocycles. The summed E-state index contributed by atoms with van der Waals surface area (Å²) in [6.45, 7) is 8.96. The molecule has 30 heavy (non-hydrogen) atoms. The third-order valence-corrected chi connectivity index (χ3v) is 5.67. The normalized spacial score (nSPS) is 19.3. The number of methoxy groups -OCH3 is 1. The molecule has 1 aromatic heterocycles. The summed E-state index contributed by atoms with van der Waals surface area (Å²) in [6.07, 6.45) is 2.96. The molecule has 0 aliphatic carbocycles. The van der Waals surface area contributed by atoms with Crippen LogP contribution >= 0.6 is 24.0 Å². The van der Waals surface area contributed by atoms with Crippen LogP contribution < -0.4 is 15.4 Å². The van der Waals surface area contributed by atoms with Crippen LogP contribution in [0.25, 0.3) is 0 Å². The maximum absolute atomic E-state index is 5.51. The van der Waals surface area contributed by atoms with Crippen LogP contribution in [-0.2, 0) is 13.1 Å². The number of ether oxygens (including phenoxy) is 1. The number of nitrogens with one attached hydrogen (secondary N) is 2. The zero-order valence-corrected chi connectivity index (χ0v) is 20.9. The monoisotopic (exact) mass is 523 g/mol. The van der Waals surface area contributed by atoms with E-state index in [4.69, 9.17) is 4.74 Å². The van der Waals surface area contributed by atoms with Gasteiger partial charge in [0.1, 0.15) is 5.75 Å². The molecule has 1 aliphatic heterocycles. The van der Waals surface area contributed by atoms with Gasteiger partial charge in [-0.05, 0) is 32.8 Å². The minimum absolute atomic E-state index is 0. The highest BCUT2D eigenvalue weighted by Crippen LogP contribution is 2.24. The van der Waals surface area contributed by atoms with Gasteiger partial charge in [0.05, 0.1) is 19.3 Å². The average Bonchev–Trinajstić information content (AvgIpc) is 3.06. The maximum atomic E-state index is 5.51. The summed E-state index contributed by atoms with van der Waals surface area (Å²) in [5, 5.41) is 6.99. The number of rotatable bonds is 6. The second-order valence-corrected chi connectivity index (χ2v) is 7.81. The summed E-state index contributed by atoms with van der Waals surface area (Å²) in [5.41, 5.74) is 4.45. The Balaban J connectivity index is 0.00000320. The Morgan fingerprint density at radius 3 is 2.67 bits per heavy atom. The topological polar surface area (TPSA) is 61.8 Å². The largest absolute Gasteiger partial charge is 0.496 e. The van der Waals surface area contributed by atoms with Crippen LogP contribution in [0, 0.1) is 13.8 Å². The molecular weight excluding hydrogens is 489 g/mol. The highest BCUT2D eigenvalue weighted by molar-refractivity contribution is 14.0. The Labute approximate surface area is 197 Å². The number of hydrogen-bond donors (Lipinski definition) is 2. The van der Waals surface area contributed by atoms with Gasteiger partial charge in [0.15, 0.2) is 5.96 Å². The first-order valence-electron chi connectivity index (χ1n) is 10.3. The lowest BCUT2D eigenvalue weighted by Crippen LogP contribution is -2.44. The Morgan fingerprint density at radius 1 is 1.27 bits per heavy atom. The van der Waals surface area contributed by atoms with E-state index in [1.54, 1.807) is 7.11 Å². The number of likely N-dealkylation sites (tertiary alicyclic amines) is 1. The van der Waals surface area contributed by atoms with E-state index in [-0.39, 0.29) is 24.0 Å². The van der Waals surface area contributed by atoms with Gasteiger partial charge in [-0.3, -0.25) is 14.9 Å². The third kappa shape index (κ3) is 6.07. The van der Waals surface area contributed by atoms with Gasteiger partial charge < -0.3 is 15.4 Å². The number of guanidine groups is 1. The smallest absolute Gasteiger partial charge is 0.191 e. The minimum Gasteiger partial charge on any atom is -0.496 e. The second kappa shape index (κ2) is 11.5. The number of hydrogen-bond acceptors (Lipinski definition) is 4. The summed E-state index contributed by atoms with van der Waals surface area (Å²) < 4.78 is 5.51. The fourth-order valence-electron chi connectivity index (χ4n) is 4.05. The minimum atomic E-state index is 0. The highest BCUT2D eigenvalue weighted by Gasteiger charge is 2.29. The fraction of sp³-hybridized carbons (Fsp3) is 0.478. The molecule has 2 atom stereocenters. The summed E-state index contributed by atoms with van der Waals surface area (Å²) in [6, 6.07) is 11.6. The van der Waals surface area contributed by atoms with Crippen LogP contribution in [0.4, 0.5) is 0 Å². The average molecular weight is 523 g/mol. The van der Waals surface area contributed by atoms with E-state index in [1.165, 1.54) is 5.56 Å². The van der Waals surface area contributed by atoms with Crippen molar-refractivity contribution in [2.45, 2.75) is 52.4 Å². The molecule has 1 aromatic carbocycles. The summed E-state index contributed by atoms with van der Waals surface area (Å²) in [7, 11) is 3.51. The Morgan fingerprint density at radius 2 is 2.00 bits per heavy atom. The summed E-state index contributed by atoms with van der Waals surface area (Å²) in [5.74, 6) is 1.71. The quantitative estimate of drug-likeness (QED) is 0.344. The molecule has 3 rings (SSSR count). The van der Waals surface area contributed by atoms with Crippen molar-refractivity contribution in [3.05, 3.63) is 58.9 Å². The van der Waals surface area contributed by atoms with E-state index in [9.17, 15) is 0 Å². The fourth-order valence-corrected chi connectivity index (χ4v) is 4.05. The second-order valence-electron chi connectivity index (χ2n) is 7.81. The first-order chi connectivity index (χ1) is 14.0. The zero-order valence-electron chi connectivity index (χ0n) is 18.6. The predicted octanol–water partition coefficient (Wildman–Crippen LogP) is 3.65. The molecule has 2 aromatic rings. The van der Waals surface area contributed by atoms with E-state index >= 15 is 0 Å². The Bertz CT molecular complexity index is 843. The molecule has 2 N–H and O–H groups in total. The first kappa shape index (κ1) is 24.4. The molecule has 0 bridgehead atoms. The lowest BCUT2D eigenvalue weighted by atomic mass is 10.1. The van der Waals surface area contributed by atoms with Gasteiger partial charge in [0.2, 0.25) is 0 Å². The molecule has 0 amide bonds. The van der Waals surface area contributed by atoms with Crippen molar-refractivity contribution in [1.82, 2.24) is 20.5 Å². The van der Waals surface area contributed by atoms with Crippen molar-refractivity contribution in [1.29, 1.82) is 0 Å². The van der Waals surface area contributed by atoms with Crippen LogP contribution in [0.3, 0.4) is 0 Å². The number of nitrogens with zero attached hydrogens (tertiary/aromatic N) is 3. The van der Waals surface area contributed by atoms with Crippen LogP contribution in [-0.4, -0.2) is 48.6 Å². The summed E-state index contributed by atoms with van der Waals surface area (Å²) >= 11 is 0. The van der Waals surface area contributed by atoms with Crippen molar-refractivity contribution in [2.24, 2.45) is 4.99 Å². The van der Waals surface area contributed by atoms with Gasteiger partial charge in [-0.25, -0.2) is 0 Å². The van der Waals surface area contributed by atoms with Gasteiger partial charge in [-0.1, -0.05) is 30.3 Å². The molecule has 164 valence electrons. The Kier molecular flexibility index (Phi) is 9.36. The van der Waals surface area contributed by atoms with Crippen molar-refractivity contribution < 1.29 is 4.74 Å². The zero-order chi connectivity index (χ0) is 20.8. The van der Waals surface area contributed by atoms with Crippen LogP contribution in [0.5, 0.6) is 5.75 Å². The number of halogens is 1. The molecule has 1 fully saturated rings. The van der Waals surface area contributed by atoms with Crippen LogP contribution in [0.2, 0.25) is 0 Å². The standard InChI is InChI=1S/C23H33N5O.HI/c1-16-12-25-21(18(3)22(16)29-5)13-26-23(24-4)27-20-11-17(2)28(15-20)14-19-9-7-6-8-10-19;/h6-10,12,17,20H,11,13-15H2,1-5H3,(H2,24,26,27);1H. The number of aryl methyl sites for hydroxylation is 1. The maximum Gasteiger partial charge on any atom is 0.191 e. The summed E-state index contributed by atoms with van der Waals surface area (Å²) in [4.78, 5) is 11.5. The van der Waals surface area contributed by atoms with Crippen LogP contribution in [0.1, 0.15) is 35.7 Å². The SMILES string of the molecule is CN=C(NCc1ncc(C)c(OC)c1C)NC1CC(C)N(Cc2ccccc2)C1.I. The Hall–Kier alpha value is -1.87. The molecule has 6 nitrogen and oxygen atoms in total. The van der Waals surface area contributed by atoms with Gasteiger partial charge in [-0.15, -0.1) is 24.0 Å². The third-order valence-electron chi connectivity index (χ3n) is 5.67. The van der Waals surface area contributed by atoms with Gasteiger partial charge in [0.25, 0.3) is 0 Å². The number of aliphatic imine (C=N–C) groups is 1. The molecule has 1 aliphatic rings. The van der Waals surface area contributed by atoms with Crippen LogP contribution in [0.15, 0.2) is 41.5 Å². The number of pyridine rings is 1.